The summed E-state index contributed by atoms with van der Waals surface area (Å²) in [6.07, 6.45) is 4.78. The molecule has 3 aromatic heterocycles. The average molecular weight is 465 g/mol. The van der Waals surface area contributed by atoms with Crippen LogP contribution >= 0.6 is 0 Å². The second-order valence-corrected chi connectivity index (χ2v) is 9.11. The van der Waals surface area contributed by atoms with Crippen molar-refractivity contribution in [2.24, 2.45) is 7.05 Å². The smallest absolute Gasteiger partial charge is 0.271 e. The topological polar surface area (TPSA) is 55.4 Å². The lowest BCUT2D eigenvalue weighted by molar-refractivity contribution is 0.0384. The first-order chi connectivity index (χ1) is 16.3. The Morgan fingerprint density at radius 3 is 2.65 bits per heavy atom. The van der Waals surface area contributed by atoms with E-state index < -0.39 is 17.5 Å². The van der Waals surface area contributed by atoms with Gasteiger partial charge in [-0.15, -0.1) is 0 Å². The summed E-state index contributed by atoms with van der Waals surface area (Å²) in [5.41, 5.74) is 4.54. The first kappa shape index (κ1) is 20.9. The van der Waals surface area contributed by atoms with Gasteiger partial charge in [0.2, 0.25) is 0 Å². The highest BCUT2D eigenvalue weighted by atomic mass is 19.2. The lowest BCUT2D eigenvalue weighted by atomic mass is 9.81. The summed E-state index contributed by atoms with van der Waals surface area (Å²) in [6.45, 7) is 1.91. The minimum absolute atomic E-state index is 0.0732. The summed E-state index contributed by atoms with van der Waals surface area (Å²) in [7, 11) is 1.71. The van der Waals surface area contributed by atoms with Gasteiger partial charge >= 0.3 is 0 Å². The molecule has 9 heteroatoms. The number of aryl methyl sites for hydroxylation is 2. The van der Waals surface area contributed by atoms with Crippen molar-refractivity contribution in [3.05, 3.63) is 76.6 Å². The van der Waals surface area contributed by atoms with E-state index in [1.165, 1.54) is 0 Å². The molecule has 0 radical (unpaired) electrons. The fraction of sp³-hybridized carbons (Fsp3) is 0.320. The molecule has 34 heavy (non-hydrogen) atoms. The van der Waals surface area contributed by atoms with Crippen LogP contribution in [0.5, 0.6) is 0 Å². The van der Waals surface area contributed by atoms with Crippen LogP contribution in [0, 0.1) is 24.4 Å². The molecule has 1 aromatic carbocycles. The summed E-state index contributed by atoms with van der Waals surface area (Å²) in [6, 6.07) is 7.20. The maximum absolute atomic E-state index is 14.0. The minimum Gasteiger partial charge on any atom is -0.325 e. The Morgan fingerprint density at radius 1 is 1.12 bits per heavy atom. The number of aromatic nitrogens is 4. The molecular weight excluding hydrogens is 443 g/mol. The molecule has 2 aliphatic heterocycles. The molecule has 2 aliphatic rings. The van der Waals surface area contributed by atoms with Crippen LogP contribution in [0.1, 0.15) is 52.7 Å². The monoisotopic (exact) mass is 465 g/mol. The largest absolute Gasteiger partial charge is 0.325 e. The lowest BCUT2D eigenvalue weighted by Crippen LogP contribution is -2.50. The predicted molar refractivity (Wildman–Crippen MR) is 119 cm³/mol. The number of rotatable bonds is 2. The molecule has 174 valence electrons. The van der Waals surface area contributed by atoms with Crippen molar-refractivity contribution in [3.63, 3.8) is 0 Å². The van der Waals surface area contributed by atoms with Crippen LogP contribution in [0.4, 0.5) is 13.2 Å². The zero-order chi connectivity index (χ0) is 23.7. The van der Waals surface area contributed by atoms with Crippen LogP contribution in [0.15, 0.2) is 36.5 Å². The highest BCUT2D eigenvalue weighted by molar-refractivity contribution is 5.94. The van der Waals surface area contributed by atoms with Gasteiger partial charge in [-0.2, -0.15) is 5.10 Å². The number of nitrogens with zero attached hydrogens (tertiary/aromatic N) is 5. The van der Waals surface area contributed by atoms with E-state index in [1.54, 1.807) is 17.9 Å². The Morgan fingerprint density at radius 2 is 1.88 bits per heavy atom. The van der Waals surface area contributed by atoms with E-state index in [9.17, 15) is 18.0 Å². The molecule has 5 heterocycles. The molecule has 0 aliphatic carbocycles. The second-order valence-electron chi connectivity index (χ2n) is 9.11. The van der Waals surface area contributed by atoms with Gasteiger partial charge in [-0.05, 0) is 56.9 Å². The van der Waals surface area contributed by atoms with E-state index in [0.29, 0.717) is 23.5 Å². The molecule has 4 aromatic rings. The maximum Gasteiger partial charge on any atom is 0.271 e. The predicted octanol–water partition coefficient (Wildman–Crippen LogP) is 4.75. The van der Waals surface area contributed by atoms with Gasteiger partial charge in [-0.25, -0.2) is 18.2 Å². The van der Waals surface area contributed by atoms with Crippen LogP contribution in [0.3, 0.4) is 0 Å². The molecular formula is C25H22F3N5O. The van der Waals surface area contributed by atoms with E-state index in [1.807, 2.05) is 34.4 Å². The first-order valence-corrected chi connectivity index (χ1v) is 11.3. The maximum atomic E-state index is 14.0. The molecule has 1 saturated heterocycles. The molecule has 6 rings (SSSR count). The van der Waals surface area contributed by atoms with Crippen molar-refractivity contribution in [3.8, 4) is 11.3 Å². The van der Waals surface area contributed by atoms with E-state index in [2.05, 4.69) is 4.98 Å². The van der Waals surface area contributed by atoms with Crippen molar-refractivity contribution in [2.45, 2.75) is 44.7 Å². The normalized spacial score (nSPS) is 19.5. The molecule has 0 N–H and O–H groups in total. The SMILES string of the molecule is Cc1cnc2cccc(C(=O)N3[C@H]4CCC[C@@H]3c3nn(C)c(-c5cc(F)c(F)c(F)c5)c3C4)n12. The van der Waals surface area contributed by atoms with Gasteiger partial charge in [0, 0.05) is 36.1 Å². The van der Waals surface area contributed by atoms with Crippen LogP contribution in [0.25, 0.3) is 16.9 Å². The Bertz CT molecular complexity index is 1450. The number of carbonyl (C=O) groups excluding carboxylic acids is 1. The molecule has 1 amide bonds. The fourth-order valence-corrected chi connectivity index (χ4v) is 5.69. The number of halogens is 3. The molecule has 6 nitrogen and oxygen atoms in total. The van der Waals surface area contributed by atoms with Gasteiger partial charge in [-0.1, -0.05) is 6.07 Å². The number of hydrogen-bond acceptors (Lipinski definition) is 3. The molecule has 0 saturated carbocycles. The van der Waals surface area contributed by atoms with E-state index >= 15 is 0 Å². The minimum atomic E-state index is -1.49. The molecule has 0 unspecified atom stereocenters. The Hall–Kier alpha value is -3.62. The van der Waals surface area contributed by atoms with Crippen LogP contribution in [-0.4, -0.2) is 36.0 Å². The number of fused-ring (bicyclic) bond motifs is 5. The van der Waals surface area contributed by atoms with Gasteiger partial charge in [0.25, 0.3) is 5.91 Å². The van der Waals surface area contributed by atoms with Gasteiger partial charge in [0.1, 0.15) is 11.3 Å². The van der Waals surface area contributed by atoms with E-state index in [4.69, 9.17) is 5.10 Å². The third-order valence-electron chi connectivity index (χ3n) is 7.09. The zero-order valence-electron chi connectivity index (χ0n) is 18.7. The summed E-state index contributed by atoms with van der Waals surface area (Å²) in [4.78, 5) is 20.2. The first-order valence-electron chi connectivity index (χ1n) is 11.3. The average Bonchev–Trinajstić information content (AvgIpc) is 3.35. The number of hydrogen-bond donors (Lipinski definition) is 0. The highest BCUT2D eigenvalue weighted by Gasteiger charge is 2.44. The Balaban J connectivity index is 1.46. The van der Waals surface area contributed by atoms with Crippen LogP contribution in [-0.2, 0) is 13.5 Å². The van der Waals surface area contributed by atoms with Crippen molar-refractivity contribution in [1.29, 1.82) is 0 Å². The van der Waals surface area contributed by atoms with E-state index in [-0.39, 0.29) is 23.6 Å². The lowest BCUT2D eigenvalue weighted by Gasteiger charge is -2.45. The number of pyridine rings is 1. The summed E-state index contributed by atoms with van der Waals surface area (Å²) in [5.74, 6) is -4.04. The van der Waals surface area contributed by atoms with Gasteiger partial charge in [0.05, 0.1) is 17.4 Å². The highest BCUT2D eigenvalue weighted by Crippen LogP contribution is 2.45. The summed E-state index contributed by atoms with van der Waals surface area (Å²) >= 11 is 0. The molecule has 0 spiro atoms. The van der Waals surface area contributed by atoms with Crippen LogP contribution in [0.2, 0.25) is 0 Å². The van der Waals surface area contributed by atoms with Crippen molar-refractivity contribution < 1.29 is 18.0 Å². The number of benzene rings is 1. The number of amides is 1. The molecule has 1 fully saturated rings. The van der Waals surface area contributed by atoms with Crippen molar-refractivity contribution in [2.75, 3.05) is 0 Å². The number of imidazole rings is 1. The zero-order valence-corrected chi connectivity index (χ0v) is 18.7. The van der Waals surface area contributed by atoms with Crippen LogP contribution < -0.4 is 0 Å². The standard InChI is InChI=1S/C25H22F3N5O/c1-13-12-29-21-8-4-7-20(32(13)21)25(34)33-15-5-3-6-19(33)23-16(11-15)24(31(2)30-23)14-9-17(26)22(28)18(27)10-14/h4,7-10,12,15,19H,3,5-6,11H2,1-2H3/t15-,19+/m0/s1. The quantitative estimate of drug-likeness (QED) is 0.402. The molecule has 2 bridgehead atoms. The van der Waals surface area contributed by atoms with Gasteiger partial charge in [0.15, 0.2) is 17.5 Å². The summed E-state index contributed by atoms with van der Waals surface area (Å²) in [5, 5.41) is 4.69. The van der Waals surface area contributed by atoms with Crippen molar-refractivity contribution in [1.82, 2.24) is 24.1 Å². The fourth-order valence-electron chi connectivity index (χ4n) is 5.69. The number of carbonyl (C=O) groups is 1. The Labute approximate surface area is 193 Å². The number of piperidine rings is 1. The second kappa shape index (κ2) is 7.44. The van der Waals surface area contributed by atoms with E-state index in [0.717, 1.165) is 48.3 Å². The van der Waals surface area contributed by atoms with Crippen molar-refractivity contribution >= 4 is 11.6 Å². The van der Waals surface area contributed by atoms with Gasteiger partial charge < -0.3 is 4.90 Å². The van der Waals surface area contributed by atoms with Gasteiger partial charge in [-0.3, -0.25) is 13.9 Å². The third-order valence-corrected chi connectivity index (χ3v) is 7.09. The summed E-state index contributed by atoms with van der Waals surface area (Å²) < 4.78 is 45.0. The third kappa shape index (κ3) is 2.92. The Kier molecular flexibility index (Phi) is 4.59. The molecule has 2 atom stereocenters.